The topological polar surface area (TPSA) is 68.7 Å². The lowest BCUT2D eigenvalue weighted by Crippen LogP contribution is -2.21. The number of aliphatic carboxylic acids is 1. The third-order valence-electron chi connectivity index (χ3n) is 4.45. The largest absolute Gasteiger partial charge is 0.497 e. The van der Waals surface area contributed by atoms with Crippen LogP contribution in [-0.4, -0.2) is 29.3 Å². The van der Waals surface area contributed by atoms with Crippen LogP contribution in [0.5, 0.6) is 5.75 Å². The van der Waals surface area contributed by atoms with Crippen LogP contribution in [0.3, 0.4) is 0 Å². The van der Waals surface area contributed by atoms with Crippen molar-refractivity contribution in [3.8, 4) is 16.9 Å². The van der Waals surface area contributed by atoms with Gasteiger partial charge < -0.3 is 14.6 Å². The number of hydrogen-bond donors (Lipinski definition) is 1. The number of aryl methyl sites for hydroxylation is 1. The zero-order chi connectivity index (χ0) is 20.4. The number of methoxy groups -OCH3 is 1. The van der Waals surface area contributed by atoms with Gasteiger partial charge in [0.25, 0.3) is 0 Å². The standard InChI is InChI=1S/C22H22ClNO4/c1-12(2)28-21(22(25)26)19-13(3)24-18-10-7-15(23)11-17(18)20(19)14-5-8-16(27-4)9-6-14/h5-12,21H,1-4H3,(H,25,26)/t21-/m0/s1. The maximum atomic E-state index is 12.1. The summed E-state index contributed by atoms with van der Waals surface area (Å²) in [5.74, 6) is -0.346. The van der Waals surface area contributed by atoms with Crippen molar-refractivity contribution in [2.75, 3.05) is 7.11 Å². The highest BCUT2D eigenvalue weighted by molar-refractivity contribution is 6.31. The van der Waals surface area contributed by atoms with Crippen LogP contribution in [0.4, 0.5) is 0 Å². The molecule has 0 radical (unpaired) electrons. The van der Waals surface area contributed by atoms with Gasteiger partial charge in [-0.1, -0.05) is 23.7 Å². The Hall–Kier alpha value is -2.63. The Kier molecular flexibility index (Phi) is 5.87. The van der Waals surface area contributed by atoms with E-state index in [4.69, 9.17) is 21.1 Å². The lowest BCUT2D eigenvalue weighted by molar-refractivity contribution is -0.153. The molecule has 1 N–H and O–H groups in total. The zero-order valence-corrected chi connectivity index (χ0v) is 16.9. The molecular formula is C22H22ClNO4. The van der Waals surface area contributed by atoms with E-state index in [1.54, 1.807) is 26.2 Å². The summed E-state index contributed by atoms with van der Waals surface area (Å²) in [6.45, 7) is 5.42. The number of carbonyl (C=O) groups is 1. The Labute approximate surface area is 168 Å². The highest BCUT2D eigenvalue weighted by Crippen LogP contribution is 2.39. The van der Waals surface area contributed by atoms with E-state index in [-0.39, 0.29) is 6.10 Å². The number of rotatable bonds is 6. The predicted molar refractivity (Wildman–Crippen MR) is 110 cm³/mol. The number of carboxylic acid groups (broad SMARTS) is 1. The highest BCUT2D eigenvalue weighted by Gasteiger charge is 2.29. The van der Waals surface area contributed by atoms with E-state index in [0.717, 1.165) is 22.0 Å². The number of ether oxygens (including phenoxy) is 2. The molecule has 1 aromatic heterocycles. The minimum Gasteiger partial charge on any atom is -0.497 e. The molecule has 0 saturated heterocycles. The van der Waals surface area contributed by atoms with Gasteiger partial charge in [0.05, 0.1) is 18.7 Å². The van der Waals surface area contributed by atoms with Crippen LogP contribution in [0.25, 0.3) is 22.0 Å². The molecule has 146 valence electrons. The Bertz CT molecular complexity index is 1020. The number of hydrogen-bond acceptors (Lipinski definition) is 4. The molecule has 5 nitrogen and oxygen atoms in total. The molecule has 1 atom stereocenters. The van der Waals surface area contributed by atoms with E-state index in [1.807, 2.05) is 44.2 Å². The smallest absolute Gasteiger partial charge is 0.337 e. The van der Waals surface area contributed by atoms with Gasteiger partial charge in [-0.25, -0.2) is 4.79 Å². The Balaban J connectivity index is 2.38. The fourth-order valence-corrected chi connectivity index (χ4v) is 3.46. The minimum atomic E-state index is -1.15. The quantitative estimate of drug-likeness (QED) is 0.599. The molecule has 0 bridgehead atoms. The Morgan fingerprint density at radius 1 is 1.14 bits per heavy atom. The van der Waals surface area contributed by atoms with Gasteiger partial charge >= 0.3 is 5.97 Å². The molecule has 28 heavy (non-hydrogen) atoms. The SMILES string of the molecule is COc1ccc(-c2c([C@H](OC(C)C)C(=O)O)c(C)nc3ccc(Cl)cc23)cc1. The van der Waals surface area contributed by atoms with Gasteiger partial charge in [-0.05, 0) is 62.2 Å². The van der Waals surface area contributed by atoms with Gasteiger partial charge in [0.15, 0.2) is 6.10 Å². The van der Waals surface area contributed by atoms with E-state index in [9.17, 15) is 9.90 Å². The molecule has 0 saturated carbocycles. The molecule has 6 heteroatoms. The van der Waals surface area contributed by atoms with Crippen molar-refractivity contribution in [1.82, 2.24) is 4.98 Å². The molecular weight excluding hydrogens is 378 g/mol. The normalized spacial score (nSPS) is 12.4. The first kappa shape index (κ1) is 20.1. The highest BCUT2D eigenvalue weighted by atomic mass is 35.5. The zero-order valence-electron chi connectivity index (χ0n) is 16.2. The molecule has 0 fully saturated rings. The first-order chi connectivity index (χ1) is 13.3. The van der Waals surface area contributed by atoms with Gasteiger partial charge in [-0.2, -0.15) is 0 Å². The van der Waals surface area contributed by atoms with Gasteiger partial charge in [0.2, 0.25) is 0 Å². The van der Waals surface area contributed by atoms with E-state index in [1.165, 1.54) is 0 Å². The van der Waals surface area contributed by atoms with Crippen molar-refractivity contribution >= 4 is 28.5 Å². The summed E-state index contributed by atoms with van der Waals surface area (Å²) >= 11 is 6.25. The molecule has 3 aromatic rings. The number of carboxylic acids is 1. The lowest BCUT2D eigenvalue weighted by atomic mass is 9.91. The van der Waals surface area contributed by atoms with E-state index in [0.29, 0.717) is 22.0 Å². The maximum Gasteiger partial charge on any atom is 0.337 e. The number of pyridine rings is 1. The van der Waals surface area contributed by atoms with Crippen molar-refractivity contribution < 1.29 is 19.4 Å². The van der Waals surface area contributed by atoms with Crippen molar-refractivity contribution in [3.05, 3.63) is 58.7 Å². The third kappa shape index (κ3) is 3.96. The molecule has 3 rings (SSSR count). The van der Waals surface area contributed by atoms with Crippen molar-refractivity contribution in [1.29, 1.82) is 0 Å². The molecule has 0 aliphatic rings. The fraction of sp³-hybridized carbons (Fsp3) is 0.273. The molecule has 0 aliphatic carbocycles. The number of benzene rings is 2. The first-order valence-corrected chi connectivity index (χ1v) is 9.32. The maximum absolute atomic E-state index is 12.1. The number of nitrogens with zero attached hydrogens (tertiary/aromatic N) is 1. The summed E-state index contributed by atoms with van der Waals surface area (Å²) in [5, 5.41) is 11.2. The minimum absolute atomic E-state index is 0.265. The fourth-order valence-electron chi connectivity index (χ4n) is 3.28. The molecule has 2 aromatic carbocycles. The lowest BCUT2D eigenvalue weighted by Gasteiger charge is -2.23. The molecule has 0 amide bonds. The van der Waals surface area contributed by atoms with Crippen LogP contribution >= 0.6 is 11.6 Å². The summed E-state index contributed by atoms with van der Waals surface area (Å²) in [6.07, 6.45) is -1.41. The molecule has 0 unspecified atom stereocenters. The van der Waals surface area contributed by atoms with Crippen LogP contribution in [0, 0.1) is 6.92 Å². The predicted octanol–water partition coefficient (Wildman–Crippen LogP) is 5.42. The van der Waals surface area contributed by atoms with E-state index < -0.39 is 12.1 Å². The number of fused-ring (bicyclic) bond motifs is 1. The van der Waals surface area contributed by atoms with Crippen molar-refractivity contribution in [2.45, 2.75) is 33.0 Å². The van der Waals surface area contributed by atoms with Crippen LogP contribution < -0.4 is 4.74 Å². The second-order valence-electron chi connectivity index (χ2n) is 6.78. The van der Waals surface area contributed by atoms with Crippen LogP contribution in [0.1, 0.15) is 31.2 Å². The van der Waals surface area contributed by atoms with Crippen molar-refractivity contribution in [3.63, 3.8) is 0 Å². The number of aromatic nitrogens is 1. The summed E-state index contributed by atoms with van der Waals surface area (Å²) in [6, 6.07) is 12.9. The summed E-state index contributed by atoms with van der Waals surface area (Å²) in [5.41, 5.74) is 3.47. The first-order valence-electron chi connectivity index (χ1n) is 8.94. The van der Waals surface area contributed by atoms with Crippen LogP contribution in [0.15, 0.2) is 42.5 Å². The second-order valence-corrected chi connectivity index (χ2v) is 7.22. The van der Waals surface area contributed by atoms with Gasteiger partial charge in [-0.15, -0.1) is 0 Å². The third-order valence-corrected chi connectivity index (χ3v) is 4.68. The summed E-state index contributed by atoms with van der Waals surface area (Å²) < 4.78 is 11.0. The van der Waals surface area contributed by atoms with Crippen LogP contribution in [-0.2, 0) is 9.53 Å². The molecule has 1 heterocycles. The average molecular weight is 400 g/mol. The van der Waals surface area contributed by atoms with E-state index >= 15 is 0 Å². The van der Waals surface area contributed by atoms with Gasteiger partial charge in [0, 0.05) is 21.7 Å². The summed E-state index contributed by atoms with van der Waals surface area (Å²) in [4.78, 5) is 16.7. The van der Waals surface area contributed by atoms with Gasteiger partial charge in [-0.3, -0.25) is 4.98 Å². The Morgan fingerprint density at radius 2 is 1.82 bits per heavy atom. The monoisotopic (exact) mass is 399 g/mol. The second kappa shape index (κ2) is 8.17. The summed E-state index contributed by atoms with van der Waals surface area (Å²) in [7, 11) is 1.60. The van der Waals surface area contributed by atoms with Crippen LogP contribution in [0.2, 0.25) is 5.02 Å². The Morgan fingerprint density at radius 3 is 2.39 bits per heavy atom. The van der Waals surface area contributed by atoms with E-state index in [2.05, 4.69) is 4.98 Å². The van der Waals surface area contributed by atoms with Gasteiger partial charge in [0.1, 0.15) is 5.75 Å². The molecule has 0 aliphatic heterocycles. The molecule has 0 spiro atoms. The number of halogens is 1. The average Bonchev–Trinajstić information content (AvgIpc) is 2.65. The van der Waals surface area contributed by atoms with Crippen molar-refractivity contribution in [2.24, 2.45) is 0 Å².